The van der Waals surface area contributed by atoms with E-state index in [-0.39, 0.29) is 18.1 Å². The van der Waals surface area contributed by atoms with Gasteiger partial charge in [0, 0.05) is 11.8 Å². The molecule has 0 saturated heterocycles. The minimum absolute atomic E-state index is 0.172. The van der Waals surface area contributed by atoms with Crippen LogP contribution in [0.4, 0.5) is 9.52 Å². The maximum absolute atomic E-state index is 14.0. The van der Waals surface area contributed by atoms with Gasteiger partial charge in [0.1, 0.15) is 10.8 Å². The summed E-state index contributed by atoms with van der Waals surface area (Å²) in [5.41, 5.74) is 1.18. The fourth-order valence-corrected chi connectivity index (χ4v) is 3.17. The first-order valence-corrected chi connectivity index (χ1v) is 8.60. The van der Waals surface area contributed by atoms with Gasteiger partial charge in [0.05, 0.1) is 11.9 Å². The number of amides is 1. The molecule has 4 rings (SSSR count). The zero-order valence-corrected chi connectivity index (χ0v) is 14.5. The molecule has 0 aliphatic carbocycles. The quantitative estimate of drug-likeness (QED) is 0.598. The standard InChI is InChI=1S/C17H13FN6OS/c1-10-21-22-17(26-10)20-16(25)14-12-6-4-8-19-15(12)24(23-14)9-11-5-2-3-7-13(11)18/h2-8H,9H2,1H3,(H,20,22,25). The smallest absolute Gasteiger partial charge is 0.278 e. The Morgan fingerprint density at radius 1 is 1.23 bits per heavy atom. The van der Waals surface area contributed by atoms with Crippen molar-refractivity contribution in [2.75, 3.05) is 5.32 Å². The molecule has 3 heterocycles. The lowest BCUT2D eigenvalue weighted by atomic mass is 10.2. The van der Waals surface area contributed by atoms with Crippen LogP contribution in [0.25, 0.3) is 11.0 Å². The second-order valence-electron chi connectivity index (χ2n) is 5.55. The largest absolute Gasteiger partial charge is 0.295 e. The highest BCUT2D eigenvalue weighted by Gasteiger charge is 2.19. The summed E-state index contributed by atoms with van der Waals surface area (Å²) >= 11 is 1.27. The average Bonchev–Trinajstić information content (AvgIpc) is 3.21. The maximum Gasteiger partial charge on any atom is 0.278 e. The summed E-state index contributed by atoms with van der Waals surface area (Å²) in [7, 11) is 0. The molecule has 1 amide bonds. The van der Waals surface area contributed by atoms with Gasteiger partial charge in [-0.1, -0.05) is 29.5 Å². The number of hydrogen-bond acceptors (Lipinski definition) is 6. The molecule has 0 bridgehead atoms. The Morgan fingerprint density at radius 3 is 2.85 bits per heavy atom. The zero-order chi connectivity index (χ0) is 18.1. The van der Waals surface area contributed by atoms with Gasteiger partial charge in [0.25, 0.3) is 5.91 Å². The van der Waals surface area contributed by atoms with E-state index in [1.807, 2.05) is 0 Å². The van der Waals surface area contributed by atoms with Gasteiger partial charge >= 0.3 is 0 Å². The maximum atomic E-state index is 14.0. The number of aryl methyl sites for hydroxylation is 1. The summed E-state index contributed by atoms with van der Waals surface area (Å²) in [4.78, 5) is 16.9. The number of pyridine rings is 1. The minimum Gasteiger partial charge on any atom is -0.295 e. The van der Waals surface area contributed by atoms with E-state index in [1.54, 1.807) is 43.5 Å². The van der Waals surface area contributed by atoms with Gasteiger partial charge in [0.15, 0.2) is 11.3 Å². The molecule has 1 aromatic carbocycles. The van der Waals surface area contributed by atoms with E-state index in [2.05, 4.69) is 25.6 Å². The van der Waals surface area contributed by atoms with Crippen molar-refractivity contribution in [3.63, 3.8) is 0 Å². The number of carbonyl (C=O) groups excluding carboxylic acids is 1. The highest BCUT2D eigenvalue weighted by atomic mass is 32.1. The molecule has 0 radical (unpaired) electrons. The molecule has 0 fully saturated rings. The molecule has 26 heavy (non-hydrogen) atoms. The van der Waals surface area contributed by atoms with E-state index in [4.69, 9.17) is 0 Å². The summed E-state index contributed by atoms with van der Waals surface area (Å²) in [6, 6.07) is 9.93. The zero-order valence-electron chi connectivity index (χ0n) is 13.7. The molecule has 130 valence electrons. The van der Waals surface area contributed by atoms with Crippen LogP contribution in [0.1, 0.15) is 21.1 Å². The average molecular weight is 368 g/mol. The molecule has 0 spiro atoms. The summed E-state index contributed by atoms with van der Waals surface area (Å²) in [5, 5.41) is 16.5. The molecule has 0 aliphatic heterocycles. The van der Waals surface area contributed by atoms with Crippen LogP contribution in [0, 0.1) is 12.7 Å². The molecule has 9 heteroatoms. The third kappa shape index (κ3) is 3.04. The van der Waals surface area contributed by atoms with Gasteiger partial charge < -0.3 is 0 Å². The predicted molar refractivity (Wildman–Crippen MR) is 95.6 cm³/mol. The predicted octanol–water partition coefficient (Wildman–Crippen LogP) is 3.03. The second-order valence-corrected chi connectivity index (χ2v) is 6.73. The van der Waals surface area contributed by atoms with Crippen molar-refractivity contribution < 1.29 is 9.18 Å². The van der Waals surface area contributed by atoms with Crippen molar-refractivity contribution in [3.8, 4) is 0 Å². The highest BCUT2D eigenvalue weighted by Crippen LogP contribution is 2.21. The van der Waals surface area contributed by atoms with E-state index >= 15 is 0 Å². The number of halogens is 1. The first kappa shape index (κ1) is 16.3. The second kappa shape index (κ2) is 6.60. The molecule has 0 saturated carbocycles. The van der Waals surface area contributed by atoms with Gasteiger partial charge in [-0.2, -0.15) is 5.10 Å². The van der Waals surface area contributed by atoms with Crippen LogP contribution in [-0.2, 0) is 6.54 Å². The Bertz CT molecular complexity index is 1110. The molecule has 1 N–H and O–H groups in total. The number of hydrogen-bond donors (Lipinski definition) is 1. The van der Waals surface area contributed by atoms with E-state index < -0.39 is 5.91 Å². The van der Waals surface area contributed by atoms with Crippen LogP contribution in [0.2, 0.25) is 0 Å². The molecule has 7 nitrogen and oxygen atoms in total. The van der Waals surface area contributed by atoms with E-state index in [1.165, 1.54) is 22.1 Å². The number of nitrogens with one attached hydrogen (secondary N) is 1. The third-order valence-corrected chi connectivity index (χ3v) is 4.50. The monoisotopic (exact) mass is 368 g/mol. The Kier molecular flexibility index (Phi) is 4.13. The van der Waals surface area contributed by atoms with Crippen LogP contribution in [0.15, 0.2) is 42.6 Å². The molecule has 4 aromatic rings. The van der Waals surface area contributed by atoms with Crippen LogP contribution >= 0.6 is 11.3 Å². The van der Waals surface area contributed by atoms with Crippen molar-refractivity contribution >= 4 is 33.4 Å². The first-order valence-electron chi connectivity index (χ1n) is 7.78. The highest BCUT2D eigenvalue weighted by molar-refractivity contribution is 7.15. The van der Waals surface area contributed by atoms with Crippen LogP contribution in [-0.4, -0.2) is 30.9 Å². The van der Waals surface area contributed by atoms with Crippen molar-refractivity contribution in [1.29, 1.82) is 0 Å². The van der Waals surface area contributed by atoms with Gasteiger partial charge in [-0.25, -0.2) is 14.1 Å². The SMILES string of the molecule is Cc1nnc(NC(=O)c2nn(Cc3ccccc3F)c3ncccc23)s1. The lowest BCUT2D eigenvalue weighted by Crippen LogP contribution is -2.14. The number of carbonyl (C=O) groups is 1. The molecule has 0 aliphatic rings. The van der Waals surface area contributed by atoms with E-state index in [0.29, 0.717) is 21.7 Å². The fraction of sp³-hybridized carbons (Fsp3) is 0.118. The first-order chi connectivity index (χ1) is 12.6. The Balaban J connectivity index is 1.72. The Hall–Kier alpha value is -3.20. The van der Waals surface area contributed by atoms with E-state index in [9.17, 15) is 9.18 Å². The van der Waals surface area contributed by atoms with Crippen molar-refractivity contribution in [1.82, 2.24) is 25.0 Å². The van der Waals surface area contributed by atoms with Gasteiger partial charge in [0.2, 0.25) is 5.13 Å². The van der Waals surface area contributed by atoms with Crippen molar-refractivity contribution in [3.05, 3.63) is 64.7 Å². The van der Waals surface area contributed by atoms with Gasteiger partial charge in [-0.3, -0.25) is 10.1 Å². The molecule has 3 aromatic heterocycles. The van der Waals surface area contributed by atoms with Gasteiger partial charge in [-0.05, 0) is 25.1 Å². The summed E-state index contributed by atoms with van der Waals surface area (Å²) < 4.78 is 15.5. The molecular weight excluding hydrogens is 355 g/mol. The summed E-state index contributed by atoms with van der Waals surface area (Å²) in [6.07, 6.45) is 1.61. The summed E-state index contributed by atoms with van der Waals surface area (Å²) in [6.45, 7) is 1.97. The number of nitrogens with zero attached hydrogens (tertiary/aromatic N) is 5. The van der Waals surface area contributed by atoms with Crippen molar-refractivity contribution in [2.24, 2.45) is 0 Å². The topological polar surface area (TPSA) is 85.6 Å². The third-order valence-electron chi connectivity index (χ3n) is 3.75. The van der Waals surface area contributed by atoms with Gasteiger partial charge in [-0.15, -0.1) is 10.2 Å². The Labute approximate surface area is 151 Å². The van der Waals surface area contributed by atoms with E-state index in [0.717, 1.165) is 5.01 Å². The summed E-state index contributed by atoms with van der Waals surface area (Å²) in [5.74, 6) is -0.742. The minimum atomic E-state index is -0.411. The van der Waals surface area contributed by atoms with Crippen LogP contribution < -0.4 is 5.32 Å². The Morgan fingerprint density at radius 2 is 2.08 bits per heavy atom. The lowest BCUT2D eigenvalue weighted by Gasteiger charge is -2.04. The lowest BCUT2D eigenvalue weighted by molar-refractivity contribution is 0.102. The number of rotatable bonds is 4. The number of anilines is 1. The number of benzene rings is 1. The molecular formula is C17H13FN6OS. The number of fused-ring (bicyclic) bond motifs is 1. The van der Waals surface area contributed by atoms with Crippen LogP contribution in [0.3, 0.4) is 0 Å². The van der Waals surface area contributed by atoms with Crippen molar-refractivity contribution in [2.45, 2.75) is 13.5 Å². The fourth-order valence-electron chi connectivity index (χ4n) is 2.58. The van der Waals surface area contributed by atoms with Crippen LogP contribution in [0.5, 0.6) is 0 Å². The molecule has 0 unspecified atom stereocenters. The molecule has 0 atom stereocenters. The normalized spacial score (nSPS) is 11.0. The number of aromatic nitrogens is 5.